The van der Waals surface area contributed by atoms with Crippen molar-refractivity contribution >= 4 is 27.4 Å². The number of rotatable bonds is 7. The summed E-state index contributed by atoms with van der Waals surface area (Å²) in [6.45, 7) is 4.82. The number of anilines is 1. The zero-order chi connectivity index (χ0) is 21.1. The minimum atomic E-state index is 0.496. The highest BCUT2D eigenvalue weighted by atomic mass is 32.1. The summed E-state index contributed by atoms with van der Waals surface area (Å²) in [5.74, 6) is 3.25. The quantitative estimate of drug-likeness (QED) is 0.581. The lowest BCUT2D eigenvalue weighted by atomic mass is 10.1. The Bertz CT molecular complexity index is 1060. The van der Waals surface area contributed by atoms with Crippen LogP contribution in [0.3, 0.4) is 0 Å². The number of aromatic nitrogens is 2. The molecule has 7 nitrogen and oxygen atoms in total. The van der Waals surface area contributed by atoms with Crippen molar-refractivity contribution in [1.29, 1.82) is 5.26 Å². The van der Waals surface area contributed by atoms with Crippen LogP contribution in [-0.2, 0) is 6.42 Å². The van der Waals surface area contributed by atoms with Crippen LogP contribution in [0.15, 0.2) is 12.1 Å². The van der Waals surface area contributed by atoms with Crippen molar-refractivity contribution in [2.45, 2.75) is 20.3 Å². The number of thiophene rings is 1. The van der Waals surface area contributed by atoms with E-state index < -0.39 is 0 Å². The molecule has 0 aliphatic carbocycles. The third-order valence-corrected chi connectivity index (χ3v) is 5.93. The van der Waals surface area contributed by atoms with Gasteiger partial charge in [-0.3, -0.25) is 0 Å². The molecule has 0 spiro atoms. The molecule has 0 bridgehead atoms. The molecule has 0 amide bonds. The summed E-state index contributed by atoms with van der Waals surface area (Å²) in [5, 5.41) is 10.4. The molecule has 0 saturated heterocycles. The second-order valence-electron chi connectivity index (χ2n) is 6.54. The molecular weight excluding hydrogens is 388 g/mol. The van der Waals surface area contributed by atoms with Gasteiger partial charge in [-0.1, -0.05) is 0 Å². The van der Waals surface area contributed by atoms with Gasteiger partial charge in [-0.2, -0.15) is 5.26 Å². The summed E-state index contributed by atoms with van der Waals surface area (Å²) in [4.78, 5) is 13.1. The predicted molar refractivity (Wildman–Crippen MR) is 115 cm³/mol. The van der Waals surface area contributed by atoms with Crippen molar-refractivity contribution in [1.82, 2.24) is 9.97 Å². The molecule has 0 aliphatic heterocycles. The Balaban J connectivity index is 2.13. The van der Waals surface area contributed by atoms with Crippen LogP contribution < -0.4 is 19.1 Å². The molecule has 2 aromatic heterocycles. The van der Waals surface area contributed by atoms with Gasteiger partial charge in [0.15, 0.2) is 11.5 Å². The lowest BCUT2D eigenvalue weighted by Gasteiger charge is -2.18. The third kappa shape index (κ3) is 3.78. The van der Waals surface area contributed by atoms with Crippen LogP contribution in [0.4, 0.5) is 5.82 Å². The number of benzene rings is 1. The van der Waals surface area contributed by atoms with Gasteiger partial charge in [0, 0.05) is 20.0 Å². The second-order valence-corrected chi connectivity index (χ2v) is 7.54. The zero-order valence-electron chi connectivity index (χ0n) is 17.5. The molecule has 152 valence electrons. The summed E-state index contributed by atoms with van der Waals surface area (Å²) >= 11 is 1.40. The molecular formula is C21H24N4O3S. The number of nitriles is 1. The number of aryl methyl sites for hydroxylation is 1. The molecule has 0 atom stereocenters. The summed E-state index contributed by atoms with van der Waals surface area (Å²) in [5.41, 5.74) is 1.87. The number of ether oxygens (including phenoxy) is 3. The summed E-state index contributed by atoms with van der Waals surface area (Å²) in [6.07, 6.45) is 0.496. The first-order chi connectivity index (χ1) is 14.0. The van der Waals surface area contributed by atoms with Crippen molar-refractivity contribution in [3.63, 3.8) is 0 Å². The fraction of sp³-hybridized carbons (Fsp3) is 0.381. The van der Waals surface area contributed by atoms with Gasteiger partial charge in [0.05, 0.1) is 26.7 Å². The molecule has 0 aliphatic rings. The van der Waals surface area contributed by atoms with E-state index in [1.165, 1.54) is 11.3 Å². The molecule has 29 heavy (non-hydrogen) atoms. The Morgan fingerprint density at radius 1 is 1.10 bits per heavy atom. The summed E-state index contributed by atoms with van der Waals surface area (Å²) in [6, 6.07) is 6.07. The average Bonchev–Trinajstić information content (AvgIpc) is 3.07. The Hall–Kier alpha value is -3.05. The molecule has 0 saturated carbocycles. The van der Waals surface area contributed by atoms with E-state index in [0.29, 0.717) is 34.4 Å². The molecule has 0 N–H and O–H groups in total. The fourth-order valence-corrected chi connectivity index (χ4v) is 4.18. The summed E-state index contributed by atoms with van der Waals surface area (Å²) in [7, 11) is 6.76. The highest BCUT2D eigenvalue weighted by Gasteiger charge is 2.19. The Kier molecular flexibility index (Phi) is 6.09. The van der Waals surface area contributed by atoms with E-state index in [1.807, 2.05) is 26.1 Å². The highest BCUT2D eigenvalue weighted by molar-refractivity contribution is 7.19. The van der Waals surface area contributed by atoms with E-state index in [-0.39, 0.29) is 0 Å². The van der Waals surface area contributed by atoms with E-state index >= 15 is 0 Å². The standard InChI is InChI=1S/C21H24N4O3S/c1-7-25(3)20-18-12(2)16(11-22)29-21(18)24-17(23-20)10-13-8-14(26-4)19(28-6)15(9-13)27-5/h8-9H,7,10H2,1-6H3. The normalized spacial score (nSPS) is 10.7. The first-order valence-corrected chi connectivity index (χ1v) is 9.99. The molecule has 3 aromatic rings. The first kappa shape index (κ1) is 20.7. The van der Waals surface area contributed by atoms with Crippen LogP contribution in [-0.4, -0.2) is 44.9 Å². The largest absolute Gasteiger partial charge is 0.493 e. The lowest BCUT2D eigenvalue weighted by molar-refractivity contribution is 0.324. The highest BCUT2D eigenvalue weighted by Crippen LogP contribution is 2.39. The van der Waals surface area contributed by atoms with Crippen LogP contribution in [0, 0.1) is 18.3 Å². The van der Waals surface area contributed by atoms with E-state index in [2.05, 4.69) is 17.9 Å². The number of methoxy groups -OCH3 is 3. The van der Waals surface area contributed by atoms with Crippen molar-refractivity contribution in [2.75, 3.05) is 39.8 Å². The van der Waals surface area contributed by atoms with Crippen LogP contribution in [0.2, 0.25) is 0 Å². The summed E-state index contributed by atoms with van der Waals surface area (Å²) < 4.78 is 16.3. The second kappa shape index (κ2) is 8.53. The molecule has 0 unspecified atom stereocenters. The van der Waals surface area contributed by atoms with E-state index in [0.717, 1.165) is 33.7 Å². The smallest absolute Gasteiger partial charge is 0.203 e. The Labute approximate surface area is 174 Å². The molecule has 8 heteroatoms. The van der Waals surface area contributed by atoms with Gasteiger partial charge in [0.25, 0.3) is 0 Å². The van der Waals surface area contributed by atoms with Gasteiger partial charge < -0.3 is 19.1 Å². The van der Waals surface area contributed by atoms with Crippen LogP contribution in [0.5, 0.6) is 17.2 Å². The average molecular weight is 413 g/mol. The monoisotopic (exact) mass is 412 g/mol. The van der Waals surface area contributed by atoms with E-state index in [1.54, 1.807) is 21.3 Å². The Morgan fingerprint density at radius 3 is 2.28 bits per heavy atom. The van der Waals surface area contributed by atoms with Gasteiger partial charge >= 0.3 is 0 Å². The van der Waals surface area contributed by atoms with Gasteiger partial charge in [-0.25, -0.2) is 9.97 Å². The maximum Gasteiger partial charge on any atom is 0.203 e. The van der Waals surface area contributed by atoms with Gasteiger partial charge in [-0.05, 0) is 37.1 Å². The van der Waals surface area contributed by atoms with Crippen LogP contribution in [0.25, 0.3) is 10.2 Å². The van der Waals surface area contributed by atoms with Crippen molar-refractivity contribution in [3.05, 3.63) is 34.0 Å². The predicted octanol–water partition coefficient (Wildman–Crippen LogP) is 3.94. The van der Waals surface area contributed by atoms with Crippen LogP contribution in [0.1, 0.15) is 28.8 Å². The van der Waals surface area contributed by atoms with Gasteiger partial charge in [0.1, 0.15) is 27.4 Å². The fourth-order valence-electron chi connectivity index (χ4n) is 3.19. The maximum atomic E-state index is 9.43. The van der Waals surface area contributed by atoms with Gasteiger partial charge in [0.2, 0.25) is 5.75 Å². The number of hydrogen-bond donors (Lipinski definition) is 0. The van der Waals surface area contributed by atoms with Crippen LogP contribution >= 0.6 is 11.3 Å². The number of fused-ring (bicyclic) bond motifs is 1. The molecule has 0 fully saturated rings. The molecule has 2 heterocycles. The molecule has 3 rings (SSSR count). The lowest BCUT2D eigenvalue weighted by Crippen LogP contribution is -2.18. The topological polar surface area (TPSA) is 80.5 Å². The minimum Gasteiger partial charge on any atom is -0.493 e. The van der Waals surface area contributed by atoms with Crippen molar-refractivity contribution < 1.29 is 14.2 Å². The first-order valence-electron chi connectivity index (χ1n) is 9.17. The van der Waals surface area contributed by atoms with E-state index in [9.17, 15) is 5.26 Å². The Morgan fingerprint density at radius 2 is 1.76 bits per heavy atom. The molecule has 1 aromatic carbocycles. The van der Waals surface area contributed by atoms with Crippen molar-refractivity contribution in [3.8, 4) is 23.3 Å². The van der Waals surface area contributed by atoms with Gasteiger partial charge in [-0.15, -0.1) is 11.3 Å². The number of nitrogens with zero attached hydrogens (tertiary/aromatic N) is 4. The van der Waals surface area contributed by atoms with Crippen molar-refractivity contribution in [2.24, 2.45) is 0 Å². The number of hydrogen-bond acceptors (Lipinski definition) is 8. The zero-order valence-corrected chi connectivity index (χ0v) is 18.3. The minimum absolute atomic E-state index is 0.496. The third-order valence-electron chi connectivity index (χ3n) is 4.84. The van der Waals surface area contributed by atoms with E-state index in [4.69, 9.17) is 24.2 Å². The SMILES string of the molecule is CCN(C)c1nc(Cc2cc(OC)c(OC)c(OC)c2)nc2sc(C#N)c(C)c12. The molecule has 0 radical (unpaired) electrons. The maximum absolute atomic E-state index is 9.43.